The molecular formula is C14H21ClN2O. The van der Waals surface area contributed by atoms with Gasteiger partial charge in [0.25, 0.3) is 0 Å². The van der Waals surface area contributed by atoms with Gasteiger partial charge in [-0.1, -0.05) is 29.8 Å². The third kappa shape index (κ3) is 5.07. The number of carbonyl (C=O) groups is 1. The lowest BCUT2D eigenvalue weighted by Crippen LogP contribution is -2.45. The Morgan fingerprint density at radius 3 is 2.50 bits per heavy atom. The Hall–Kier alpha value is -1.06. The highest BCUT2D eigenvalue weighted by Gasteiger charge is 2.15. The van der Waals surface area contributed by atoms with Crippen molar-refractivity contribution in [3.63, 3.8) is 0 Å². The van der Waals surface area contributed by atoms with Crippen LogP contribution in [0.4, 0.5) is 0 Å². The molecule has 1 amide bonds. The number of hydrogen-bond acceptors (Lipinski definition) is 2. The Kier molecular flexibility index (Phi) is 5.17. The average molecular weight is 269 g/mol. The van der Waals surface area contributed by atoms with Gasteiger partial charge in [0.1, 0.15) is 0 Å². The molecule has 0 bridgehead atoms. The van der Waals surface area contributed by atoms with Crippen LogP contribution in [0.25, 0.3) is 0 Å². The van der Waals surface area contributed by atoms with Crippen LogP contribution in [-0.2, 0) is 4.79 Å². The summed E-state index contributed by atoms with van der Waals surface area (Å²) in [5, 5.41) is 6.79. The van der Waals surface area contributed by atoms with Gasteiger partial charge >= 0.3 is 0 Å². The van der Waals surface area contributed by atoms with E-state index in [1.807, 2.05) is 52.0 Å². The van der Waals surface area contributed by atoms with Crippen molar-refractivity contribution in [3.05, 3.63) is 34.9 Å². The topological polar surface area (TPSA) is 41.1 Å². The van der Waals surface area contributed by atoms with E-state index >= 15 is 0 Å². The largest absolute Gasteiger partial charge is 0.350 e. The minimum Gasteiger partial charge on any atom is -0.350 e. The minimum atomic E-state index is -0.202. The normalized spacial score (nSPS) is 13.2. The standard InChI is InChI=1S/C14H21ClN2O/c1-10(11-7-5-6-8-12(11)15)16-9-13(18)17-14(2,3)4/h5-8,10,16H,9H2,1-4H3,(H,17,18). The van der Waals surface area contributed by atoms with E-state index < -0.39 is 0 Å². The quantitative estimate of drug-likeness (QED) is 0.882. The lowest BCUT2D eigenvalue weighted by atomic mass is 10.1. The van der Waals surface area contributed by atoms with Gasteiger partial charge in [0.2, 0.25) is 5.91 Å². The summed E-state index contributed by atoms with van der Waals surface area (Å²) in [7, 11) is 0. The summed E-state index contributed by atoms with van der Waals surface area (Å²) >= 11 is 6.10. The van der Waals surface area contributed by atoms with Gasteiger partial charge < -0.3 is 10.6 Å². The van der Waals surface area contributed by atoms with E-state index in [-0.39, 0.29) is 24.0 Å². The van der Waals surface area contributed by atoms with Gasteiger partial charge in [-0.3, -0.25) is 4.79 Å². The fourth-order valence-corrected chi connectivity index (χ4v) is 1.94. The predicted octanol–water partition coefficient (Wildman–Crippen LogP) is 2.91. The molecule has 18 heavy (non-hydrogen) atoms. The molecule has 3 nitrogen and oxygen atoms in total. The zero-order chi connectivity index (χ0) is 13.8. The molecule has 0 radical (unpaired) electrons. The summed E-state index contributed by atoms with van der Waals surface area (Å²) in [4.78, 5) is 11.7. The summed E-state index contributed by atoms with van der Waals surface area (Å²) in [5.41, 5.74) is 0.801. The van der Waals surface area contributed by atoms with E-state index in [1.165, 1.54) is 0 Å². The molecule has 1 aromatic rings. The van der Waals surface area contributed by atoms with Crippen molar-refractivity contribution in [1.82, 2.24) is 10.6 Å². The number of nitrogens with one attached hydrogen (secondary N) is 2. The number of hydrogen-bond donors (Lipinski definition) is 2. The van der Waals surface area contributed by atoms with Crippen LogP contribution in [0.5, 0.6) is 0 Å². The van der Waals surface area contributed by atoms with Gasteiger partial charge in [-0.05, 0) is 39.3 Å². The van der Waals surface area contributed by atoms with E-state index in [0.717, 1.165) is 5.56 Å². The second-order valence-corrected chi connectivity index (χ2v) is 5.83. The minimum absolute atomic E-state index is 0.0126. The van der Waals surface area contributed by atoms with E-state index in [9.17, 15) is 4.79 Å². The summed E-state index contributed by atoms with van der Waals surface area (Å²) in [6.07, 6.45) is 0. The van der Waals surface area contributed by atoms with Crippen molar-refractivity contribution in [2.24, 2.45) is 0 Å². The van der Waals surface area contributed by atoms with Crippen molar-refractivity contribution < 1.29 is 4.79 Å². The third-order valence-electron chi connectivity index (χ3n) is 2.45. The molecule has 1 unspecified atom stereocenters. The lowest BCUT2D eigenvalue weighted by Gasteiger charge is -2.22. The first-order valence-corrected chi connectivity index (χ1v) is 6.46. The first kappa shape index (κ1) is 15.0. The maximum Gasteiger partial charge on any atom is 0.234 e. The van der Waals surface area contributed by atoms with Gasteiger partial charge in [-0.15, -0.1) is 0 Å². The van der Waals surface area contributed by atoms with Crippen LogP contribution >= 0.6 is 11.6 Å². The maximum atomic E-state index is 11.7. The zero-order valence-corrected chi connectivity index (χ0v) is 12.1. The summed E-state index contributed by atoms with van der Waals surface area (Å²) < 4.78 is 0. The first-order chi connectivity index (χ1) is 8.29. The van der Waals surface area contributed by atoms with Crippen molar-refractivity contribution in [2.75, 3.05) is 6.54 Å². The molecule has 2 N–H and O–H groups in total. The maximum absolute atomic E-state index is 11.7. The molecule has 100 valence electrons. The molecule has 0 saturated carbocycles. The number of carbonyl (C=O) groups excluding carboxylic acids is 1. The van der Waals surface area contributed by atoms with Crippen molar-refractivity contribution in [1.29, 1.82) is 0 Å². The highest BCUT2D eigenvalue weighted by atomic mass is 35.5. The van der Waals surface area contributed by atoms with Gasteiger partial charge in [0, 0.05) is 16.6 Å². The number of rotatable bonds is 4. The number of amides is 1. The van der Waals surface area contributed by atoms with Gasteiger partial charge in [0.05, 0.1) is 6.54 Å². The van der Waals surface area contributed by atoms with Crippen LogP contribution in [0.1, 0.15) is 39.3 Å². The molecule has 4 heteroatoms. The van der Waals surface area contributed by atoms with Gasteiger partial charge in [-0.2, -0.15) is 0 Å². The Morgan fingerprint density at radius 2 is 1.94 bits per heavy atom. The first-order valence-electron chi connectivity index (χ1n) is 6.08. The second-order valence-electron chi connectivity index (χ2n) is 5.42. The summed E-state index contributed by atoms with van der Waals surface area (Å²) in [6, 6.07) is 7.69. The Balaban J connectivity index is 2.49. The smallest absolute Gasteiger partial charge is 0.234 e. The molecule has 0 aromatic heterocycles. The molecule has 0 saturated heterocycles. The second kappa shape index (κ2) is 6.21. The van der Waals surface area contributed by atoms with Crippen LogP contribution in [-0.4, -0.2) is 18.0 Å². The molecule has 1 atom stereocenters. The molecule has 0 fully saturated rings. The van der Waals surface area contributed by atoms with E-state index in [1.54, 1.807) is 0 Å². The van der Waals surface area contributed by atoms with Crippen molar-refractivity contribution in [3.8, 4) is 0 Å². The Labute approximate surface area is 114 Å². The number of benzene rings is 1. The molecule has 0 heterocycles. The van der Waals surface area contributed by atoms with Crippen molar-refractivity contribution >= 4 is 17.5 Å². The predicted molar refractivity (Wildman–Crippen MR) is 75.8 cm³/mol. The molecule has 1 rings (SSSR count). The molecule has 0 aliphatic heterocycles. The third-order valence-corrected chi connectivity index (χ3v) is 2.80. The molecule has 0 aliphatic rings. The molecule has 0 aliphatic carbocycles. The highest BCUT2D eigenvalue weighted by molar-refractivity contribution is 6.31. The molecule has 0 spiro atoms. The van der Waals surface area contributed by atoms with Gasteiger partial charge in [0.15, 0.2) is 0 Å². The lowest BCUT2D eigenvalue weighted by molar-refractivity contribution is -0.121. The Morgan fingerprint density at radius 1 is 1.33 bits per heavy atom. The fourth-order valence-electron chi connectivity index (χ4n) is 1.64. The Bertz CT molecular complexity index is 413. The van der Waals surface area contributed by atoms with E-state index in [0.29, 0.717) is 5.02 Å². The summed E-state index contributed by atoms with van der Waals surface area (Å²) in [5.74, 6) is -0.0126. The zero-order valence-electron chi connectivity index (χ0n) is 11.4. The van der Waals surface area contributed by atoms with E-state index in [4.69, 9.17) is 11.6 Å². The van der Waals surface area contributed by atoms with E-state index in [2.05, 4.69) is 10.6 Å². The van der Waals surface area contributed by atoms with Crippen LogP contribution < -0.4 is 10.6 Å². The van der Waals surface area contributed by atoms with Crippen LogP contribution in [0.2, 0.25) is 5.02 Å². The average Bonchev–Trinajstić information content (AvgIpc) is 2.24. The molecular weight excluding hydrogens is 248 g/mol. The van der Waals surface area contributed by atoms with Crippen LogP contribution in [0.15, 0.2) is 24.3 Å². The van der Waals surface area contributed by atoms with Crippen LogP contribution in [0, 0.1) is 0 Å². The van der Waals surface area contributed by atoms with Gasteiger partial charge in [-0.25, -0.2) is 0 Å². The SMILES string of the molecule is CC(NCC(=O)NC(C)(C)C)c1ccccc1Cl. The number of halogens is 1. The monoisotopic (exact) mass is 268 g/mol. The molecule has 1 aromatic carbocycles. The fraction of sp³-hybridized carbons (Fsp3) is 0.500. The highest BCUT2D eigenvalue weighted by Crippen LogP contribution is 2.21. The summed E-state index contributed by atoms with van der Waals surface area (Å²) in [6.45, 7) is 8.16. The van der Waals surface area contributed by atoms with Crippen LogP contribution in [0.3, 0.4) is 0 Å². The van der Waals surface area contributed by atoms with Crippen molar-refractivity contribution in [2.45, 2.75) is 39.3 Å².